The molecule has 2 unspecified atom stereocenters. The van der Waals surface area contributed by atoms with Crippen molar-refractivity contribution >= 4 is 11.6 Å². The fourth-order valence-corrected chi connectivity index (χ4v) is 2.56. The molecule has 0 aliphatic heterocycles. The molecule has 2 aromatic rings. The van der Waals surface area contributed by atoms with Gasteiger partial charge in [0.1, 0.15) is 5.82 Å². The van der Waals surface area contributed by atoms with Gasteiger partial charge in [-0.25, -0.2) is 4.39 Å². The number of rotatable bonds is 6. The zero-order chi connectivity index (χ0) is 15.2. The molecule has 0 bridgehead atoms. The Hall–Kier alpha value is -1.46. The Balaban J connectivity index is 2.24. The van der Waals surface area contributed by atoms with Crippen LogP contribution in [0.5, 0.6) is 0 Å². The Morgan fingerprint density at radius 2 is 1.95 bits per heavy atom. The van der Waals surface area contributed by atoms with Crippen LogP contribution in [0.15, 0.2) is 48.5 Å². The zero-order valence-electron chi connectivity index (χ0n) is 11.7. The highest BCUT2D eigenvalue weighted by molar-refractivity contribution is 6.30. The van der Waals surface area contributed by atoms with Crippen LogP contribution in [0.25, 0.3) is 0 Å². The van der Waals surface area contributed by atoms with E-state index in [0.717, 1.165) is 5.56 Å². The minimum atomic E-state index is -0.303. The third-order valence-electron chi connectivity index (χ3n) is 3.41. The van der Waals surface area contributed by atoms with E-state index in [1.165, 1.54) is 12.1 Å². The molecular weight excluding hydrogens is 291 g/mol. The number of ether oxygens (including phenoxy) is 1. The highest BCUT2D eigenvalue weighted by Gasteiger charge is 2.23. The first-order valence-corrected chi connectivity index (χ1v) is 7.01. The number of benzene rings is 2. The molecule has 0 aliphatic carbocycles. The second-order valence-corrected chi connectivity index (χ2v) is 5.22. The number of nitrogens with two attached hydrogens (primary N) is 1. The van der Waals surface area contributed by atoms with E-state index in [-0.39, 0.29) is 18.0 Å². The van der Waals surface area contributed by atoms with Gasteiger partial charge in [-0.2, -0.15) is 0 Å². The maximum absolute atomic E-state index is 13.9. The van der Waals surface area contributed by atoms with Crippen LogP contribution < -0.4 is 11.3 Å². The van der Waals surface area contributed by atoms with E-state index in [2.05, 4.69) is 5.43 Å². The Morgan fingerprint density at radius 1 is 1.24 bits per heavy atom. The summed E-state index contributed by atoms with van der Waals surface area (Å²) in [7, 11) is 1.61. The summed E-state index contributed by atoms with van der Waals surface area (Å²) in [6.07, 6.45) is 0.0885. The van der Waals surface area contributed by atoms with Crippen molar-refractivity contribution in [3.8, 4) is 0 Å². The summed E-state index contributed by atoms with van der Waals surface area (Å²) >= 11 is 5.92. The van der Waals surface area contributed by atoms with E-state index >= 15 is 0 Å². The van der Waals surface area contributed by atoms with Gasteiger partial charge in [0.25, 0.3) is 0 Å². The van der Waals surface area contributed by atoms with Crippen LogP contribution in [-0.2, 0) is 11.2 Å². The van der Waals surface area contributed by atoms with Gasteiger partial charge < -0.3 is 4.74 Å². The largest absolute Gasteiger partial charge is 0.375 e. The monoisotopic (exact) mass is 308 g/mol. The molecular formula is C16H18ClFN2O. The molecule has 0 saturated carbocycles. The average Bonchev–Trinajstić information content (AvgIpc) is 2.51. The van der Waals surface area contributed by atoms with Gasteiger partial charge in [0.2, 0.25) is 0 Å². The van der Waals surface area contributed by atoms with Crippen LogP contribution in [0.1, 0.15) is 17.2 Å². The van der Waals surface area contributed by atoms with Gasteiger partial charge in [-0.1, -0.05) is 41.9 Å². The maximum atomic E-state index is 13.9. The average molecular weight is 309 g/mol. The molecule has 0 aliphatic rings. The van der Waals surface area contributed by atoms with Crippen molar-refractivity contribution in [1.82, 2.24) is 5.43 Å². The summed E-state index contributed by atoms with van der Waals surface area (Å²) in [4.78, 5) is 0. The molecule has 0 saturated heterocycles. The smallest absolute Gasteiger partial charge is 0.126 e. The second kappa shape index (κ2) is 7.52. The van der Waals surface area contributed by atoms with Gasteiger partial charge in [-0.05, 0) is 35.7 Å². The van der Waals surface area contributed by atoms with E-state index in [9.17, 15) is 4.39 Å². The van der Waals surface area contributed by atoms with Crippen molar-refractivity contribution in [2.45, 2.75) is 18.6 Å². The van der Waals surface area contributed by atoms with E-state index in [1.807, 2.05) is 30.3 Å². The Labute approximate surface area is 128 Å². The molecule has 2 atom stereocenters. The lowest BCUT2D eigenvalue weighted by atomic mass is 9.96. The van der Waals surface area contributed by atoms with Crippen molar-refractivity contribution in [3.05, 3.63) is 70.5 Å². The second-order valence-electron chi connectivity index (χ2n) is 4.78. The lowest BCUT2D eigenvalue weighted by molar-refractivity contribution is 0.0676. The van der Waals surface area contributed by atoms with Crippen molar-refractivity contribution < 1.29 is 9.13 Å². The van der Waals surface area contributed by atoms with Crippen LogP contribution in [0, 0.1) is 5.82 Å². The van der Waals surface area contributed by atoms with E-state index in [4.69, 9.17) is 22.2 Å². The standard InChI is InChI=1S/C16H18ClFN2O/c1-21-16(11-5-3-2-4-6-11)15(20-19)10-12-9-13(17)7-8-14(12)18/h2-9,15-16,20H,10,19H2,1H3. The predicted octanol–water partition coefficient (Wildman–Crippen LogP) is 3.24. The number of hydrogen-bond acceptors (Lipinski definition) is 3. The molecule has 3 nitrogen and oxygen atoms in total. The molecule has 5 heteroatoms. The fraction of sp³-hybridized carbons (Fsp3) is 0.250. The van der Waals surface area contributed by atoms with Gasteiger partial charge in [-0.15, -0.1) is 0 Å². The van der Waals surface area contributed by atoms with Gasteiger partial charge in [-0.3, -0.25) is 11.3 Å². The number of hydrogen-bond donors (Lipinski definition) is 2. The maximum Gasteiger partial charge on any atom is 0.126 e. The molecule has 0 aromatic heterocycles. The highest BCUT2D eigenvalue weighted by atomic mass is 35.5. The molecule has 0 spiro atoms. The van der Waals surface area contributed by atoms with Gasteiger partial charge in [0.05, 0.1) is 12.1 Å². The molecule has 0 radical (unpaired) electrons. The van der Waals surface area contributed by atoms with Crippen LogP contribution in [0.2, 0.25) is 5.02 Å². The van der Waals surface area contributed by atoms with E-state index < -0.39 is 0 Å². The van der Waals surface area contributed by atoms with Crippen LogP contribution in [0.4, 0.5) is 4.39 Å². The molecule has 2 rings (SSSR count). The number of methoxy groups -OCH3 is 1. The minimum absolute atomic E-state index is 0.273. The van der Waals surface area contributed by atoms with E-state index in [0.29, 0.717) is 17.0 Å². The summed E-state index contributed by atoms with van der Waals surface area (Å²) in [6.45, 7) is 0. The third-order valence-corrected chi connectivity index (χ3v) is 3.64. The number of hydrazine groups is 1. The first kappa shape index (κ1) is 15.9. The zero-order valence-corrected chi connectivity index (χ0v) is 12.5. The summed E-state index contributed by atoms with van der Waals surface area (Å²) in [5.41, 5.74) is 4.19. The predicted molar refractivity (Wildman–Crippen MR) is 82.4 cm³/mol. The first-order valence-electron chi connectivity index (χ1n) is 6.63. The minimum Gasteiger partial charge on any atom is -0.375 e. The van der Waals surface area contributed by atoms with Crippen LogP contribution >= 0.6 is 11.6 Å². The number of nitrogens with one attached hydrogen (secondary N) is 1. The van der Waals surface area contributed by atoms with Crippen LogP contribution in [0.3, 0.4) is 0 Å². The molecule has 21 heavy (non-hydrogen) atoms. The Kier molecular flexibility index (Phi) is 5.70. The topological polar surface area (TPSA) is 47.3 Å². The lowest BCUT2D eigenvalue weighted by Crippen LogP contribution is -2.42. The molecule has 0 heterocycles. The van der Waals surface area contributed by atoms with Crippen molar-refractivity contribution in [1.29, 1.82) is 0 Å². The quantitative estimate of drug-likeness (QED) is 0.636. The van der Waals surface area contributed by atoms with Crippen molar-refractivity contribution in [3.63, 3.8) is 0 Å². The van der Waals surface area contributed by atoms with Gasteiger partial charge in [0.15, 0.2) is 0 Å². The third kappa shape index (κ3) is 4.02. The molecule has 2 aromatic carbocycles. The normalized spacial score (nSPS) is 13.9. The highest BCUT2D eigenvalue weighted by Crippen LogP contribution is 2.24. The Bertz CT molecular complexity index is 580. The van der Waals surface area contributed by atoms with Crippen molar-refractivity contribution in [2.75, 3.05) is 7.11 Å². The molecule has 0 fully saturated rings. The first-order chi connectivity index (χ1) is 10.2. The SMILES string of the molecule is COC(c1ccccc1)C(Cc1cc(Cl)ccc1F)NN. The van der Waals surface area contributed by atoms with Crippen molar-refractivity contribution in [2.24, 2.45) is 5.84 Å². The summed E-state index contributed by atoms with van der Waals surface area (Å²) in [5, 5.41) is 0.496. The summed E-state index contributed by atoms with van der Waals surface area (Å²) in [6, 6.07) is 13.9. The summed E-state index contributed by atoms with van der Waals surface area (Å²) in [5.74, 6) is 5.33. The lowest BCUT2D eigenvalue weighted by Gasteiger charge is -2.26. The Morgan fingerprint density at radius 3 is 2.57 bits per heavy atom. The van der Waals surface area contributed by atoms with Crippen LogP contribution in [-0.4, -0.2) is 13.2 Å². The van der Waals surface area contributed by atoms with Gasteiger partial charge in [0, 0.05) is 12.1 Å². The molecule has 112 valence electrons. The molecule has 0 amide bonds. The van der Waals surface area contributed by atoms with E-state index in [1.54, 1.807) is 13.2 Å². The molecule has 3 N–H and O–H groups in total. The summed E-state index contributed by atoms with van der Waals surface area (Å²) < 4.78 is 19.4. The number of halogens is 2. The fourth-order valence-electron chi connectivity index (χ4n) is 2.37. The van der Waals surface area contributed by atoms with Gasteiger partial charge >= 0.3 is 0 Å².